The van der Waals surface area contributed by atoms with Crippen LogP contribution in [0.2, 0.25) is 0 Å². The number of hydrogen-bond acceptors (Lipinski definition) is 2. The molecule has 0 fully saturated rings. The fourth-order valence-corrected chi connectivity index (χ4v) is 2.17. The van der Waals surface area contributed by atoms with Crippen molar-refractivity contribution in [1.29, 1.82) is 0 Å². The van der Waals surface area contributed by atoms with Gasteiger partial charge in [0.2, 0.25) is 0 Å². The molecular formula is C12H20O2. The monoisotopic (exact) mass is 196 g/mol. The summed E-state index contributed by atoms with van der Waals surface area (Å²) in [6.07, 6.45) is 8.03. The van der Waals surface area contributed by atoms with Crippen molar-refractivity contribution < 1.29 is 10.1 Å². The third-order valence-corrected chi connectivity index (χ3v) is 3.09. The van der Waals surface area contributed by atoms with Crippen LogP contribution in [0.5, 0.6) is 0 Å². The molecule has 2 unspecified atom stereocenters. The zero-order chi connectivity index (χ0) is 10.8. The molecule has 0 aromatic carbocycles. The van der Waals surface area contributed by atoms with E-state index in [9.17, 15) is 0 Å². The predicted molar refractivity (Wildman–Crippen MR) is 57.9 cm³/mol. The second kappa shape index (κ2) is 4.28. The maximum absolute atomic E-state index is 9.15. The lowest BCUT2D eigenvalue weighted by molar-refractivity contribution is -0.332. The van der Waals surface area contributed by atoms with Crippen LogP contribution in [-0.4, -0.2) is 10.9 Å². The summed E-state index contributed by atoms with van der Waals surface area (Å²) in [5, 5.41) is 9.15. The molecule has 0 saturated carbocycles. The fourth-order valence-electron chi connectivity index (χ4n) is 2.17. The first-order valence-electron chi connectivity index (χ1n) is 5.23. The maximum atomic E-state index is 9.15. The number of rotatable bonds is 3. The zero-order valence-electron chi connectivity index (χ0n) is 9.40. The summed E-state index contributed by atoms with van der Waals surface area (Å²) < 4.78 is 0. The van der Waals surface area contributed by atoms with E-state index >= 15 is 0 Å². The van der Waals surface area contributed by atoms with E-state index in [2.05, 4.69) is 33.8 Å². The molecule has 0 bridgehead atoms. The van der Waals surface area contributed by atoms with Crippen LogP contribution in [0.25, 0.3) is 0 Å². The van der Waals surface area contributed by atoms with Crippen LogP contribution in [0, 0.1) is 17.8 Å². The fraction of sp³-hybridized carbons (Fsp3) is 0.667. The highest BCUT2D eigenvalue weighted by molar-refractivity contribution is 5.23. The summed E-state index contributed by atoms with van der Waals surface area (Å²) in [5.41, 5.74) is -0.553. The minimum atomic E-state index is -0.553. The lowest BCUT2D eigenvalue weighted by atomic mass is 9.71. The van der Waals surface area contributed by atoms with Gasteiger partial charge in [0.05, 0.1) is 0 Å². The SMILES string of the molecule is CC(C)C1C=CC=CC1(OO)C(C)C. The zero-order valence-corrected chi connectivity index (χ0v) is 9.40. The molecule has 14 heavy (non-hydrogen) atoms. The van der Waals surface area contributed by atoms with Crippen LogP contribution >= 0.6 is 0 Å². The quantitative estimate of drug-likeness (QED) is 0.554. The average Bonchev–Trinajstić information content (AvgIpc) is 2.17. The summed E-state index contributed by atoms with van der Waals surface area (Å²) in [6.45, 7) is 8.42. The first-order chi connectivity index (χ1) is 6.54. The minimum absolute atomic E-state index is 0.234. The van der Waals surface area contributed by atoms with Crippen molar-refractivity contribution >= 4 is 0 Å². The lowest BCUT2D eigenvalue weighted by Gasteiger charge is -2.40. The third-order valence-electron chi connectivity index (χ3n) is 3.09. The van der Waals surface area contributed by atoms with Gasteiger partial charge in [-0.05, 0) is 17.9 Å². The van der Waals surface area contributed by atoms with E-state index < -0.39 is 5.60 Å². The van der Waals surface area contributed by atoms with Gasteiger partial charge in [0.1, 0.15) is 5.60 Å². The van der Waals surface area contributed by atoms with E-state index in [4.69, 9.17) is 10.1 Å². The minimum Gasteiger partial charge on any atom is -0.251 e. The van der Waals surface area contributed by atoms with Crippen LogP contribution < -0.4 is 0 Å². The van der Waals surface area contributed by atoms with Crippen molar-refractivity contribution in [3.8, 4) is 0 Å². The van der Waals surface area contributed by atoms with E-state index in [1.807, 2.05) is 18.2 Å². The molecule has 0 aromatic heterocycles. The summed E-state index contributed by atoms with van der Waals surface area (Å²) in [4.78, 5) is 4.78. The van der Waals surface area contributed by atoms with E-state index in [-0.39, 0.29) is 11.8 Å². The summed E-state index contributed by atoms with van der Waals surface area (Å²) in [7, 11) is 0. The van der Waals surface area contributed by atoms with Gasteiger partial charge in [-0.3, -0.25) is 5.26 Å². The van der Waals surface area contributed by atoms with Crippen LogP contribution in [0.1, 0.15) is 27.7 Å². The molecular weight excluding hydrogens is 176 g/mol. The molecule has 2 atom stereocenters. The largest absolute Gasteiger partial charge is 0.251 e. The summed E-state index contributed by atoms with van der Waals surface area (Å²) in [5.74, 6) is 0.935. The van der Waals surface area contributed by atoms with Gasteiger partial charge < -0.3 is 0 Å². The van der Waals surface area contributed by atoms with Gasteiger partial charge in [-0.15, -0.1) is 0 Å². The molecule has 2 nitrogen and oxygen atoms in total. The normalized spacial score (nSPS) is 31.8. The van der Waals surface area contributed by atoms with Crippen molar-refractivity contribution in [3.05, 3.63) is 24.3 Å². The summed E-state index contributed by atoms with van der Waals surface area (Å²) in [6, 6.07) is 0. The van der Waals surface area contributed by atoms with Gasteiger partial charge in [0, 0.05) is 5.92 Å². The molecule has 0 radical (unpaired) electrons. The predicted octanol–water partition coefficient (Wildman–Crippen LogP) is 3.27. The van der Waals surface area contributed by atoms with Crippen molar-refractivity contribution in [2.24, 2.45) is 17.8 Å². The Morgan fingerprint density at radius 1 is 1.21 bits per heavy atom. The topological polar surface area (TPSA) is 29.5 Å². The molecule has 2 heteroatoms. The molecule has 1 rings (SSSR count). The Morgan fingerprint density at radius 3 is 2.21 bits per heavy atom. The van der Waals surface area contributed by atoms with Crippen molar-refractivity contribution in [2.45, 2.75) is 33.3 Å². The first kappa shape index (κ1) is 11.5. The molecule has 0 heterocycles. The Bertz CT molecular complexity index is 241. The molecule has 1 aliphatic rings. The van der Waals surface area contributed by atoms with Gasteiger partial charge >= 0.3 is 0 Å². The Balaban J connectivity index is 3.02. The van der Waals surface area contributed by atoms with Gasteiger partial charge in [-0.1, -0.05) is 45.9 Å². The Hall–Kier alpha value is -0.600. The van der Waals surface area contributed by atoms with Crippen molar-refractivity contribution in [2.75, 3.05) is 0 Å². The van der Waals surface area contributed by atoms with Gasteiger partial charge in [-0.25, -0.2) is 4.89 Å². The smallest absolute Gasteiger partial charge is 0.130 e. The molecule has 0 aromatic rings. The second-order valence-corrected chi connectivity index (χ2v) is 4.61. The van der Waals surface area contributed by atoms with E-state index in [1.165, 1.54) is 0 Å². The molecule has 80 valence electrons. The molecule has 1 N–H and O–H groups in total. The second-order valence-electron chi connectivity index (χ2n) is 4.61. The highest BCUT2D eigenvalue weighted by Gasteiger charge is 2.42. The summed E-state index contributed by atoms with van der Waals surface area (Å²) >= 11 is 0. The van der Waals surface area contributed by atoms with Crippen LogP contribution in [0.4, 0.5) is 0 Å². The average molecular weight is 196 g/mol. The van der Waals surface area contributed by atoms with Crippen LogP contribution in [0.15, 0.2) is 24.3 Å². The molecule has 0 amide bonds. The highest BCUT2D eigenvalue weighted by atomic mass is 17.1. The van der Waals surface area contributed by atoms with Gasteiger partial charge in [-0.2, -0.15) is 0 Å². The van der Waals surface area contributed by atoms with Crippen molar-refractivity contribution in [1.82, 2.24) is 0 Å². The first-order valence-corrected chi connectivity index (χ1v) is 5.23. The van der Waals surface area contributed by atoms with E-state index in [1.54, 1.807) is 0 Å². The maximum Gasteiger partial charge on any atom is 0.130 e. The molecule has 0 aliphatic heterocycles. The number of allylic oxidation sites excluding steroid dienone is 2. The van der Waals surface area contributed by atoms with Gasteiger partial charge in [0.25, 0.3) is 0 Å². The Labute approximate surface area is 86.2 Å². The standard InChI is InChI=1S/C12H20O2/c1-9(2)11-7-5-6-8-12(11,14-13)10(3)4/h5-11,13H,1-4H3. The highest BCUT2D eigenvalue weighted by Crippen LogP contribution is 2.38. The molecule has 1 aliphatic carbocycles. The van der Waals surface area contributed by atoms with E-state index in [0.717, 1.165) is 0 Å². The molecule has 0 spiro atoms. The Kier molecular flexibility index (Phi) is 3.51. The molecule has 0 saturated heterocycles. The van der Waals surface area contributed by atoms with Gasteiger partial charge in [0.15, 0.2) is 0 Å². The van der Waals surface area contributed by atoms with Crippen LogP contribution in [0.3, 0.4) is 0 Å². The number of hydrogen-bond donors (Lipinski definition) is 1. The van der Waals surface area contributed by atoms with E-state index in [0.29, 0.717) is 5.92 Å². The third kappa shape index (κ3) is 1.77. The van der Waals surface area contributed by atoms with Crippen LogP contribution in [-0.2, 0) is 4.89 Å². The van der Waals surface area contributed by atoms with Crippen molar-refractivity contribution in [3.63, 3.8) is 0 Å². The lowest BCUT2D eigenvalue weighted by Crippen LogP contribution is -2.45. The Morgan fingerprint density at radius 2 is 1.86 bits per heavy atom.